The molecule has 1 fully saturated rings. The Labute approximate surface area is 177 Å². The molecule has 1 aliphatic heterocycles. The number of rotatable bonds is 3. The van der Waals surface area contributed by atoms with Crippen molar-refractivity contribution in [1.82, 2.24) is 14.2 Å². The van der Waals surface area contributed by atoms with Crippen molar-refractivity contribution in [2.75, 3.05) is 19.6 Å². The minimum atomic E-state index is -3.71. The molecule has 0 aliphatic carbocycles. The van der Waals surface area contributed by atoms with E-state index in [1.54, 1.807) is 43.1 Å². The van der Waals surface area contributed by atoms with E-state index >= 15 is 0 Å². The second-order valence-electron chi connectivity index (χ2n) is 7.00. The van der Waals surface area contributed by atoms with Crippen molar-refractivity contribution in [3.63, 3.8) is 0 Å². The highest BCUT2D eigenvalue weighted by molar-refractivity contribution is 7.89. The van der Waals surface area contributed by atoms with Gasteiger partial charge in [-0.05, 0) is 56.7 Å². The molecule has 1 aromatic carbocycles. The predicted octanol–water partition coefficient (Wildman–Crippen LogP) is 2.53. The maximum absolute atomic E-state index is 13.1. The van der Waals surface area contributed by atoms with Crippen molar-refractivity contribution < 1.29 is 13.2 Å². The Morgan fingerprint density at radius 3 is 2.48 bits per heavy atom. The summed E-state index contributed by atoms with van der Waals surface area (Å²) in [7, 11) is -3.71. The van der Waals surface area contributed by atoms with Crippen LogP contribution in [0.15, 0.2) is 41.4 Å². The molecule has 9 heteroatoms. The van der Waals surface area contributed by atoms with Gasteiger partial charge in [0.1, 0.15) is 0 Å². The van der Waals surface area contributed by atoms with Gasteiger partial charge in [-0.15, -0.1) is 12.4 Å². The van der Waals surface area contributed by atoms with Crippen molar-refractivity contribution in [3.05, 3.63) is 58.9 Å². The monoisotopic (exact) mass is 434 g/mol. The summed E-state index contributed by atoms with van der Waals surface area (Å²) in [5.74, 6) is -0.147. The zero-order valence-corrected chi connectivity index (χ0v) is 18.1. The summed E-state index contributed by atoms with van der Waals surface area (Å²) in [6.45, 7) is 6.16. The topological polar surface area (TPSA) is 94.4 Å². The number of pyridine rings is 1. The molecule has 0 spiro atoms. The summed E-state index contributed by atoms with van der Waals surface area (Å²) in [4.78, 5) is 18.7. The van der Waals surface area contributed by atoms with Crippen LogP contribution in [0.4, 0.5) is 0 Å². The quantitative estimate of drug-likeness (QED) is 0.739. The number of nitriles is 1. The maximum atomic E-state index is 13.1. The van der Waals surface area contributed by atoms with E-state index in [1.807, 2.05) is 13.0 Å². The van der Waals surface area contributed by atoms with E-state index in [0.717, 1.165) is 5.69 Å². The average Bonchev–Trinajstić information content (AvgIpc) is 2.67. The van der Waals surface area contributed by atoms with E-state index in [-0.39, 0.29) is 35.8 Å². The molecule has 0 N–H and O–H groups in total. The number of piperazine rings is 1. The molecule has 1 aliphatic rings. The Bertz CT molecular complexity index is 1050. The molecule has 2 aromatic rings. The summed E-state index contributed by atoms with van der Waals surface area (Å²) in [5.41, 5.74) is 2.29. The highest BCUT2D eigenvalue weighted by atomic mass is 35.5. The highest BCUT2D eigenvalue weighted by Crippen LogP contribution is 2.25. The Morgan fingerprint density at radius 2 is 1.93 bits per heavy atom. The molecule has 1 amide bonds. The third-order valence-electron chi connectivity index (χ3n) is 4.90. The van der Waals surface area contributed by atoms with Crippen LogP contribution in [-0.4, -0.2) is 54.2 Å². The van der Waals surface area contributed by atoms with E-state index in [2.05, 4.69) is 4.98 Å². The largest absolute Gasteiger partial charge is 0.336 e. The number of hydrogen-bond donors (Lipinski definition) is 0. The van der Waals surface area contributed by atoms with Crippen LogP contribution >= 0.6 is 12.4 Å². The number of aromatic nitrogens is 1. The second-order valence-corrected chi connectivity index (χ2v) is 8.86. The van der Waals surface area contributed by atoms with Gasteiger partial charge in [0.2, 0.25) is 10.0 Å². The van der Waals surface area contributed by atoms with Gasteiger partial charge in [0.25, 0.3) is 5.91 Å². The zero-order chi connectivity index (χ0) is 20.5. The molecule has 7 nitrogen and oxygen atoms in total. The SMILES string of the molecule is Cc1ccc(C(=O)N2CCN(S(=O)(=O)c3ccc(C#N)cc3C)[C@@H](C)C2)cn1.Cl. The molecular formula is C20H23ClN4O3S. The lowest BCUT2D eigenvalue weighted by atomic mass is 10.1. The molecule has 0 saturated carbocycles. The van der Waals surface area contributed by atoms with Crippen LogP contribution in [0, 0.1) is 25.2 Å². The molecule has 1 atom stereocenters. The lowest BCUT2D eigenvalue weighted by molar-refractivity contribution is 0.0641. The van der Waals surface area contributed by atoms with Gasteiger partial charge >= 0.3 is 0 Å². The molecule has 0 unspecified atom stereocenters. The maximum Gasteiger partial charge on any atom is 0.255 e. The fourth-order valence-corrected chi connectivity index (χ4v) is 5.22. The number of hydrogen-bond acceptors (Lipinski definition) is 5. The summed E-state index contributed by atoms with van der Waals surface area (Å²) in [5, 5.41) is 8.99. The Kier molecular flexibility index (Phi) is 7.01. The van der Waals surface area contributed by atoms with Crippen LogP contribution < -0.4 is 0 Å². The molecule has 0 radical (unpaired) electrons. The molecule has 0 bridgehead atoms. The van der Waals surface area contributed by atoms with Gasteiger partial charge in [0.15, 0.2) is 0 Å². The smallest absolute Gasteiger partial charge is 0.255 e. The van der Waals surface area contributed by atoms with Crippen molar-refractivity contribution >= 4 is 28.3 Å². The number of amides is 1. The highest BCUT2D eigenvalue weighted by Gasteiger charge is 2.36. The van der Waals surface area contributed by atoms with Crippen molar-refractivity contribution in [2.24, 2.45) is 0 Å². The van der Waals surface area contributed by atoms with E-state index in [0.29, 0.717) is 29.8 Å². The van der Waals surface area contributed by atoms with Crippen LogP contribution in [0.1, 0.15) is 34.1 Å². The lowest BCUT2D eigenvalue weighted by Gasteiger charge is -2.39. The van der Waals surface area contributed by atoms with Crippen LogP contribution in [0.5, 0.6) is 0 Å². The van der Waals surface area contributed by atoms with Crippen molar-refractivity contribution in [1.29, 1.82) is 5.26 Å². The zero-order valence-electron chi connectivity index (χ0n) is 16.5. The summed E-state index contributed by atoms with van der Waals surface area (Å²) < 4.78 is 27.7. The Morgan fingerprint density at radius 1 is 1.21 bits per heavy atom. The predicted molar refractivity (Wildman–Crippen MR) is 111 cm³/mol. The summed E-state index contributed by atoms with van der Waals surface area (Å²) >= 11 is 0. The van der Waals surface area contributed by atoms with Gasteiger partial charge in [0, 0.05) is 37.6 Å². The Hall–Kier alpha value is -2.47. The molecule has 3 rings (SSSR count). The van der Waals surface area contributed by atoms with Crippen molar-refractivity contribution in [3.8, 4) is 6.07 Å². The minimum Gasteiger partial charge on any atom is -0.336 e. The fourth-order valence-electron chi connectivity index (χ4n) is 3.39. The number of nitrogens with zero attached hydrogens (tertiary/aromatic N) is 4. The number of benzene rings is 1. The third kappa shape index (κ3) is 4.58. The van der Waals surface area contributed by atoms with Crippen molar-refractivity contribution in [2.45, 2.75) is 31.7 Å². The minimum absolute atomic E-state index is 0. The lowest BCUT2D eigenvalue weighted by Crippen LogP contribution is -2.55. The normalized spacial score (nSPS) is 17.3. The van der Waals surface area contributed by atoms with Gasteiger partial charge < -0.3 is 4.90 Å². The second kappa shape index (κ2) is 8.91. The number of halogens is 1. The van der Waals surface area contributed by atoms with Crippen LogP contribution in [0.25, 0.3) is 0 Å². The first-order valence-corrected chi connectivity index (χ1v) is 10.4. The molecule has 29 heavy (non-hydrogen) atoms. The molecule has 1 saturated heterocycles. The molecule has 2 heterocycles. The van der Waals surface area contributed by atoms with Crippen LogP contribution in [-0.2, 0) is 10.0 Å². The van der Waals surface area contributed by atoms with Gasteiger partial charge in [-0.2, -0.15) is 9.57 Å². The molecule has 1 aromatic heterocycles. The van der Waals surface area contributed by atoms with Gasteiger partial charge in [-0.3, -0.25) is 9.78 Å². The molecule has 154 valence electrons. The van der Waals surface area contributed by atoms with Gasteiger partial charge in [-0.25, -0.2) is 8.42 Å². The first-order chi connectivity index (χ1) is 13.2. The number of aryl methyl sites for hydroxylation is 2. The van der Waals surface area contributed by atoms with Gasteiger partial charge in [-0.1, -0.05) is 0 Å². The third-order valence-corrected chi connectivity index (χ3v) is 7.08. The fraction of sp³-hybridized carbons (Fsp3) is 0.350. The van der Waals surface area contributed by atoms with E-state index in [1.165, 1.54) is 16.4 Å². The number of carbonyl (C=O) groups is 1. The summed E-state index contributed by atoms with van der Waals surface area (Å²) in [6, 6.07) is 9.72. The molecular weight excluding hydrogens is 412 g/mol. The first-order valence-electron chi connectivity index (χ1n) is 8.98. The number of sulfonamides is 1. The average molecular weight is 435 g/mol. The van der Waals surface area contributed by atoms with E-state index in [9.17, 15) is 13.2 Å². The van der Waals surface area contributed by atoms with Gasteiger partial charge in [0.05, 0.1) is 22.1 Å². The van der Waals surface area contributed by atoms with Crippen LogP contribution in [0.2, 0.25) is 0 Å². The summed E-state index contributed by atoms with van der Waals surface area (Å²) in [6.07, 6.45) is 1.55. The van der Waals surface area contributed by atoms with E-state index in [4.69, 9.17) is 5.26 Å². The number of carbonyl (C=O) groups excluding carboxylic acids is 1. The first kappa shape index (κ1) is 22.8. The van der Waals surface area contributed by atoms with E-state index < -0.39 is 10.0 Å². The standard InChI is InChI=1S/C20H22N4O3S.ClH/c1-14-10-17(11-21)5-7-19(14)28(26,27)24-9-8-23(13-16(24)3)20(25)18-6-4-15(2)22-12-18;/h4-7,10,12,16H,8-9,13H2,1-3H3;1H/t16-;/m0./s1. The Balaban J connectivity index is 0.00000300. The van der Waals surface area contributed by atoms with Crippen LogP contribution in [0.3, 0.4) is 0 Å².